The molecule has 1 aromatic heterocycles. The van der Waals surface area contributed by atoms with E-state index in [1.165, 1.54) is 10.7 Å². The van der Waals surface area contributed by atoms with Crippen LogP contribution in [0.5, 0.6) is 5.75 Å². The molecule has 29 heavy (non-hydrogen) atoms. The number of carbonyl (C=O) groups is 1. The SMILES string of the molecule is O=C(c1ccn(-c2ccccc2F)n1)N(Cc1ccccc1O)CC1CCCO1. The second kappa shape index (κ2) is 8.45. The van der Waals surface area contributed by atoms with Gasteiger partial charge in [-0.05, 0) is 37.1 Å². The fraction of sp³-hybridized carbons (Fsp3) is 0.273. The Bertz CT molecular complexity index is 998. The number of ether oxygens (including phenoxy) is 1. The molecule has 0 saturated carbocycles. The molecular weight excluding hydrogens is 373 g/mol. The molecule has 0 spiro atoms. The average molecular weight is 395 g/mol. The summed E-state index contributed by atoms with van der Waals surface area (Å²) in [6, 6.07) is 14.8. The van der Waals surface area contributed by atoms with Crippen molar-refractivity contribution in [2.24, 2.45) is 0 Å². The zero-order valence-electron chi connectivity index (χ0n) is 15.9. The first-order valence-corrected chi connectivity index (χ1v) is 9.60. The van der Waals surface area contributed by atoms with Crippen molar-refractivity contribution in [2.75, 3.05) is 13.2 Å². The van der Waals surface area contributed by atoms with Crippen molar-refractivity contribution < 1.29 is 19.0 Å². The van der Waals surface area contributed by atoms with Gasteiger partial charge in [-0.25, -0.2) is 9.07 Å². The lowest BCUT2D eigenvalue weighted by atomic mass is 10.1. The number of amides is 1. The van der Waals surface area contributed by atoms with Crippen LogP contribution in [-0.4, -0.2) is 44.9 Å². The molecule has 0 radical (unpaired) electrons. The Balaban J connectivity index is 1.59. The maximum Gasteiger partial charge on any atom is 0.274 e. The van der Waals surface area contributed by atoms with Gasteiger partial charge < -0.3 is 14.7 Å². The molecule has 1 aliphatic heterocycles. The molecular formula is C22H22FN3O3. The van der Waals surface area contributed by atoms with Crippen LogP contribution in [0.1, 0.15) is 28.9 Å². The fourth-order valence-electron chi connectivity index (χ4n) is 3.48. The minimum atomic E-state index is -0.417. The lowest BCUT2D eigenvalue weighted by Gasteiger charge is -2.25. The summed E-state index contributed by atoms with van der Waals surface area (Å²) >= 11 is 0. The monoisotopic (exact) mass is 395 g/mol. The number of rotatable bonds is 6. The van der Waals surface area contributed by atoms with E-state index < -0.39 is 5.82 Å². The number of phenolic OH excluding ortho intramolecular Hbond substituents is 1. The Kier molecular flexibility index (Phi) is 5.57. The molecule has 1 amide bonds. The minimum absolute atomic E-state index is 0.0431. The van der Waals surface area contributed by atoms with E-state index in [0.717, 1.165) is 12.8 Å². The van der Waals surface area contributed by atoms with Gasteiger partial charge in [-0.15, -0.1) is 0 Å². The Labute approximate surface area is 168 Å². The highest BCUT2D eigenvalue weighted by molar-refractivity contribution is 5.92. The van der Waals surface area contributed by atoms with Gasteiger partial charge in [0.1, 0.15) is 17.3 Å². The van der Waals surface area contributed by atoms with Gasteiger partial charge in [-0.1, -0.05) is 30.3 Å². The zero-order valence-corrected chi connectivity index (χ0v) is 15.9. The van der Waals surface area contributed by atoms with E-state index >= 15 is 0 Å². The highest BCUT2D eigenvalue weighted by Gasteiger charge is 2.26. The number of aromatic hydroxyl groups is 1. The first-order chi connectivity index (χ1) is 14.1. The predicted molar refractivity (Wildman–Crippen MR) is 105 cm³/mol. The summed E-state index contributed by atoms with van der Waals surface area (Å²) in [5.74, 6) is -0.576. The summed E-state index contributed by atoms with van der Waals surface area (Å²) in [5.41, 5.74) is 1.13. The summed E-state index contributed by atoms with van der Waals surface area (Å²) in [6.45, 7) is 1.32. The van der Waals surface area contributed by atoms with E-state index in [9.17, 15) is 14.3 Å². The molecule has 1 unspecified atom stereocenters. The van der Waals surface area contributed by atoms with Gasteiger partial charge in [-0.3, -0.25) is 4.79 Å². The molecule has 0 bridgehead atoms. The Morgan fingerprint density at radius 1 is 1.21 bits per heavy atom. The molecule has 1 fully saturated rings. The van der Waals surface area contributed by atoms with Crippen LogP contribution in [0.25, 0.3) is 5.69 Å². The number of nitrogens with zero attached hydrogens (tertiary/aromatic N) is 3. The number of carbonyl (C=O) groups excluding carboxylic acids is 1. The van der Waals surface area contributed by atoms with Gasteiger partial charge >= 0.3 is 0 Å². The van der Waals surface area contributed by atoms with E-state index in [-0.39, 0.29) is 35.7 Å². The van der Waals surface area contributed by atoms with Crippen LogP contribution in [0.4, 0.5) is 4.39 Å². The summed E-state index contributed by atoms with van der Waals surface area (Å²) in [4.78, 5) is 14.8. The average Bonchev–Trinajstić information content (AvgIpc) is 3.41. The second-order valence-corrected chi connectivity index (χ2v) is 7.05. The van der Waals surface area contributed by atoms with Crippen LogP contribution in [0.3, 0.4) is 0 Å². The lowest BCUT2D eigenvalue weighted by Crippen LogP contribution is -2.37. The minimum Gasteiger partial charge on any atom is -0.508 e. The summed E-state index contributed by atoms with van der Waals surface area (Å²) in [6.07, 6.45) is 3.37. The molecule has 3 aromatic rings. The molecule has 1 saturated heterocycles. The number of para-hydroxylation sites is 2. The standard InChI is InChI=1S/C22H22FN3O3/c23-18-8-2-3-9-20(18)26-12-11-19(24-26)22(28)25(15-17-7-5-13-29-17)14-16-6-1-4-10-21(16)27/h1-4,6,8-12,17,27H,5,7,13-15H2. The van der Waals surface area contributed by atoms with Gasteiger partial charge in [-0.2, -0.15) is 5.10 Å². The van der Waals surface area contributed by atoms with Crippen molar-refractivity contribution >= 4 is 5.91 Å². The molecule has 1 N–H and O–H groups in total. The third kappa shape index (κ3) is 4.30. The van der Waals surface area contributed by atoms with E-state index in [0.29, 0.717) is 18.7 Å². The molecule has 0 aliphatic carbocycles. The highest BCUT2D eigenvalue weighted by atomic mass is 19.1. The molecule has 2 aromatic carbocycles. The first kappa shape index (κ1) is 19.1. The van der Waals surface area contributed by atoms with Crippen molar-refractivity contribution in [3.63, 3.8) is 0 Å². The van der Waals surface area contributed by atoms with E-state index in [1.54, 1.807) is 53.6 Å². The van der Waals surface area contributed by atoms with Crippen LogP contribution in [0.2, 0.25) is 0 Å². The van der Waals surface area contributed by atoms with Crippen molar-refractivity contribution in [3.8, 4) is 11.4 Å². The van der Waals surface area contributed by atoms with Gasteiger partial charge in [0, 0.05) is 31.5 Å². The van der Waals surface area contributed by atoms with Crippen molar-refractivity contribution in [1.82, 2.24) is 14.7 Å². The van der Waals surface area contributed by atoms with Gasteiger partial charge in [0.2, 0.25) is 0 Å². The number of benzene rings is 2. The largest absolute Gasteiger partial charge is 0.508 e. The smallest absolute Gasteiger partial charge is 0.274 e. The van der Waals surface area contributed by atoms with E-state index in [2.05, 4.69) is 5.10 Å². The zero-order chi connectivity index (χ0) is 20.2. The number of hydrogen-bond donors (Lipinski definition) is 1. The molecule has 1 aliphatic rings. The maximum absolute atomic E-state index is 14.0. The van der Waals surface area contributed by atoms with E-state index in [4.69, 9.17) is 4.74 Å². The van der Waals surface area contributed by atoms with Crippen molar-refractivity contribution in [1.29, 1.82) is 0 Å². The Morgan fingerprint density at radius 2 is 2.00 bits per heavy atom. The maximum atomic E-state index is 14.0. The third-order valence-electron chi connectivity index (χ3n) is 5.00. The topological polar surface area (TPSA) is 67.6 Å². The normalized spacial score (nSPS) is 16.1. The van der Waals surface area contributed by atoms with Crippen LogP contribution in [0, 0.1) is 5.82 Å². The third-order valence-corrected chi connectivity index (χ3v) is 5.00. The predicted octanol–water partition coefficient (Wildman–Crippen LogP) is 3.54. The quantitative estimate of drug-likeness (QED) is 0.693. The van der Waals surface area contributed by atoms with Crippen LogP contribution in [-0.2, 0) is 11.3 Å². The highest BCUT2D eigenvalue weighted by Crippen LogP contribution is 2.22. The first-order valence-electron chi connectivity index (χ1n) is 9.60. The van der Waals surface area contributed by atoms with Gasteiger partial charge in [0.05, 0.1) is 6.10 Å². The molecule has 150 valence electrons. The van der Waals surface area contributed by atoms with Gasteiger partial charge in [0.15, 0.2) is 5.69 Å². The van der Waals surface area contributed by atoms with Crippen LogP contribution < -0.4 is 0 Å². The molecule has 2 heterocycles. The lowest BCUT2D eigenvalue weighted by molar-refractivity contribution is 0.0501. The summed E-state index contributed by atoms with van der Waals surface area (Å²) < 4.78 is 21.1. The summed E-state index contributed by atoms with van der Waals surface area (Å²) in [7, 11) is 0. The number of hydrogen-bond acceptors (Lipinski definition) is 4. The number of halogens is 1. The Hall–Kier alpha value is -3.19. The second-order valence-electron chi connectivity index (χ2n) is 7.05. The molecule has 6 nitrogen and oxygen atoms in total. The Morgan fingerprint density at radius 3 is 2.76 bits per heavy atom. The van der Waals surface area contributed by atoms with Crippen LogP contribution >= 0.6 is 0 Å². The van der Waals surface area contributed by atoms with Crippen molar-refractivity contribution in [3.05, 3.63) is 77.9 Å². The molecule has 1 atom stereocenters. The van der Waals surface area contributed by atoms with E-state index in [1.807, 2.05) is 6.07 Å². The van der Waals surface area contributed by atoms with Crippen LogP contribution in [0.15, 0.2) is 60.8 Å². The number of phenols is 1. The molecule has 7 heteroatoms. The fourth-order valence-corrected chi connectivity index (χ4v) is 3.48. The summed E-state index contributed by atoms with van der Waals surface area (Å²) in [5, 5.41) is 14.4. The van der Waals surface area contributed by atoms with Crippen molar-refractivity contribution in [2.45, 2.75) is 25.5 Å². The van der Waals surface area contributed by atoms with Gasteiger partial charge in [0.25, 0.3) is 5.91 Å². The number of aromatic nitrogens is 2. The molecule has 4 rings (SSSR count).